The number of non-ortho nitro benzene ring substituents is 1. The number of rotatable bonds is 2. The SMILES string of the molecule is Cc1cc(N2CC(C)NCC2C)cc([N+](=O)[O-])c1. The first-order valence-corrected chi connectivity index (χ1v) is 6.23. The second kappa shape index (κ2) is 4.94. The van der Waals surface area contributed by atoms with Crippen LogP contribution in [0.3, 0.4) is 0 Å². The molecular weight excluding hydrogens is 230 g/mol. The molecule has 1 aromatic carbocycles. The van der Waals surface area contributed by atoms with Crippen molar-refractivity contribution >= 4 is 11.4 Å². The topological polar surface area (TPSA) is 58.4 Å². The molecule has 5 nitrogen and oxygen atoms in total. The molecule has 0 aliphatic carbocycles. The summed E-state index contributed by atoms with van der Waals surface area (Å²) in [5.74, 6) is 0. The molecule has 0 amide bonds. The van der Waals surface area contributed by atoms with Gasteiger partial charge >= 0.3 is 0 Å². The minimum atomic E-state index is -0.327. The van der Waals surface area contributed by atoms with E-state index in [-0.39, 0.29) is 10.6 Å². The Hall–Kier alpha value is -1.62. The lowest BCUT2D eigenvalue weighted by Crippen LogP contribution is -2.54. The molecule has 1 aliphatic rings. The number of hydrogen-bond donors (Lipinski definition) is 1. The van der Waals surface area contributed by atoms with Gasteiger partial charge in [-0.2, -0.15) is 0 Å². The molecule has 1 N–H and O–H groups in total. The van der Waals surface area contributed by atoms with Gasteiger partial charge in [0.25, 0.3) is 5.69 Å². The summed E-state index contributed by atoms with van der Waals surface area (Å²) >= 11 is 0. The lowest BCUT2D eigenvalue weighted by atomic mass is 10.1. The molecule has 0 bridgehead atoms. The summed E-state index contributed by atoms with van der Waals surface area (Å²) in [6.45, 7) is 7.94. The van der Waals surface area contributed by atoms with Crippen LogP contribution < -0.4 is 10.2 Å². The molecule has 1 heterocycles. The van der Waals surface area contributed by atoms with E-state index in [0.717, 1.165) is 24.3 Å². The van der Waals surface area contributed by atoms with E-state index in [9.17, 15) is 10.1 Å². The van der Waals surface area contributed by atoms with Crippen LogP contribution in [0, 0.1) is 17.0 Å². The van der Waals surface area contributed by atoms with E-state index in [2.05, 4.69) is 24.1 Å². The fourth-order valence-electron chi connectivity index (χ4n) is 2.40. The van der Waals surface area contributed by atoms with Crippen molar-refractivity contribution in [2.75, 3.05) is 18.0 Å². The van der Waals surface area contributed by atoms with E-state index in [1.165, 1.54) is 0 Å². The third-order valence-electron chi connectivity index (χ3n) is 3.35. The van der Waals surface area contributed by atoms with Crippen LogP contribution >= 0.6 is 0 Å². The van der Waals surface area contributed by atoms with Gasteiger partial charge in [0.05, 0.1) is 4.92 Å². The first-order chi connectivity index (χ1) is 8.47. The van der Waals surface area contributed by atoms with E-state index >= 15 is 0 Å². The van der Waals surface area contributed by atoms with E-state index in [4.69, 9.17) is 0 Å². The zero-order chi connectivity index (χ0) is 13.3. The van der Waals surface area contributed by atoms with E-state index in [1.807, 2.05) is 13.0 Å². The molecule has 1 aromatic rings. The Kier molecular flexibility index (Phi) is 3.52. The number of piperazine rings is 1. The quantitative estimate of drug-likeness (QED) is 0.644. The number of nitrogens with one attached hydrogen (secondary N) is 1. The van der Waals surface area contributed by atoms with Gasteiger partial charge in [-0.15, -0.1) is 0 Å². The molecule has 0 radical (unpaired) electrons. The lowest BCUT2D eigenvalue weighted by Gasteiger charge is -2.39. The molecule has 0 saturated carbocycles. The van der Waals surface area contributed by atoms with Gasteiger partial charge in [0.1, 0.15) is 0 Å². The first kappa shape index (κ1) is 12.8. The highest BCUT2D eigenvalue weighted by atomic mass is 16.6. The monoisotopic (exact) mass is 249 g/mol. The third kappa shape index (κ3) is 2.61. The second-order valence-electron chi connectivity index (χ2n) is 5.09. The van der Waals surface area contributed by atoms with Crippen molar-refractivity contribution in [3.8, 4) is 0 Å². The molecule has 0 spiro atoms. The van der Waals surface area contributed by atoms with Gasteiger partial charge in [0, 0.05) is 43.0 Å². The van der Waals surface area contributed by atoms with Crippen molar-refractivity contribution in [2.45, 2.75) is 32.9 Å². The Bertz CT molecular complexity index is 462. The average Bonchev–Trinajstić information content (AvgIpc) is 2.31. The van der Waals surface area contributed by atoms with Crippen LogP contribution in [0.5, 0.6) is 0 Å². The standard InChI is InChI=1S/C13H19N3O2/c1-9-4-12(6-13(5-9)16(17)18)15-8-10(2)14-7-11(15)3/h4-6,10-11,14H,7-8H2,1-3H3. The summed E-state index contributed by atoms with van der Waals surface area (Å²) in [6, 6.07) is 6.05. The van der Waals surface area contributed by atoms with Crippen LogP contribution in [-0.4, -0.2) is 30.1 Å². The predicted octanol–water partition coefficient (Wildman–Crippen LogP) is 2.09. The molecule has 1 aliphatic heterocycles. The molecule has 2 unspecified atom stereocenters. The van der Waals surface area contributed by atoms with Crippen LogP contribution in [0.1, 0.15) is 19.4 Å². The Labute approximate surface area is 107 Å². The zero-order valence-electron chi connectivity index (χ0n) is 11.0. The molecule has 18 heavy (non-hydrogen) atoms. The smallest absolute Gasteiger partial charge is 0.271 e. The summed E-state index contributed by atoms with van der Waals surface area (Å²) in [7, 11) is 0. The Morgan fingerprint density at radius 2 is 2.11 bits per heavy atom. The molecule has 1 saturated heterocycles. The summed E-state index contributed by atoms with van der Waals surface area (Å²) in [4.78, 5) is 12.8. The van der Waals surface area contributed by atoms with Crippen LogP contribution in [0.4, 0.5) is 11.4 Å². The van der Waals surface area contributed by atoms with E-state index in [1.54, 1.807) is 12.1 Å². The Morgan fingerprint density at radius 3 is 2.78 bits per heavy atom. The van der Waals surface area contributed by atoms with Gasteiger partial charge in [-0.25, -0.2) is 0 Å². The van der Waals surface area contributed by atoms with Crippen LogP contribution in [0.2, 0.25) is 0 Å². The fourth-order valence-corrected chi connectivity index (χ4v) is 2.40. The number of nitrogens with zero attached hydrogens (tertiary/aromatic N) is 2. The minimum absolute atomic E-state index is 0.170. The highest BCUT2D eigenvalue weighted by Crippen LogP contribution is 2.26. The van der Waals surface area contributed by atoms with E-state index in [0.29, 0.717) is 12.1 Å². The maximum Gasteiger partial charge on any atom is 0.271 e. The molecule has 98 valence electrons. The van der Waals surface area contributed by atoms with Crippen molar-refractivity contribution in [3.05, 3.63) is 33.9 Å². The van der Waals surface area contributed by atoms with Gasteiger partial charge in [0.2, 0.25) is 0 Å². The summed E-state index contributed by atoms with van der Waals surface area (Å²) in [5, 5.41) is 14.3. The van der Waals surface area contributed by atoms with Gasteiger partial charge in [0.15, 0.2) is 0 Å². The summed E-state index contributed by atoms with van der Waals surface area (Å²) in [6.07, 6.45) is 0. The Balaban J connectivity index is 2.34. The van der Waals surface area contributed by atoms with Gasteiger partial charge in [-0.3, -0.25) is 10.1 Å². The minimum Gasteiger partial charge on any atom is -0.366 e. The number of nitro groups is 1. The second-order valence-corrected chi connectivity index (χ2v) is 5.09. The highest BCUT2D eigenvalue weighted by Gasteiger charge is 2.24. The molecule has 2 atom stereocenters. The van der Waals surface area contributed by atoms with Crippen molar-refractivity contribution in [1.29, 1.82) is 0 Å². The maximum absolute atomic E-state index is 10.9. The first-order valence-electron chi connectivity index (χ1n) is 6.23. The van der Waals surface area contributed by atoms with Gasteiger partial charge in [-0.05, 0) is 32.4 Å². The fraction of sp³-hybridized carbons (Fsp3) is 0.538. The van der Waals surface area contributed by atoms with Crippen molar-refractivity contribution in [3.63, 3.8) is 0 Å². The maximum atomic E-state index is 10.9. The number of benzene rings is 1. The number of hydrogen-bond acceptors (Lipinski definition) is 4. The van der Waals surface area contributed by atoms with Crippen LogP contribution in [-0.2, 0) is 0 Å². The third-order valence-corrected chi connectivity index (χ3v) is 3.35. The molecule has 0 aromatic heterocycles. The zero-order valence-corrected chi connectivity index (χ0v) is 11.0. The Morgan fingerprint density at radius 1 is 1.39 bits per heavy atom. The largest absolute Gasteiger partial charge is 0.366 e. The van der Waals surface area contributed by atoms with Gasteiger partial charge < -0.3 is 10.2 Å². The highest BCUT2D eigenvalue weighted by molar-refractivity contribution is 5.56. The predicted molar refractivity (Wildman–Crippen MR) is 72.1 cm³/mol. The normalized spacial score (nSPS) is 24.1. The lowest BCUT2D eigenvalue weighted by molar-refractivity contribution is -0.384. The summed E-state index contributed by atoms with van der Waals surface area (Å²) in [5.41, 5.74) is 2.04. The summed E-state index contributed by atoms with van der Waals surface area (Å²) < 4.78 is 0. The molecular formula is C13H19N3O2. The van der Waals surface area contributed by atoms with Crippen LogP contribution in [0.15, 0.2) is 18.2 Å². The molecule has 5 heteroatoms. The number of aryl methyl sites for hydroxylation is 1. The number of anilines is 1. The van der Waals surface area contributed by atoms with Gasteiger partial charge in [-0.1, -0.05) is 0 Å². The molecule has 1 fully saturated rings. The van der Waals surface area contributed by atoms with E-state index < -0.39 is 0 Å². The average molecular weight is 249 g/mol. The molecule has 2 rings (SSSR count). The van der Waals surface area contributed by atoms with Crippen molar-refractivity contribution in [2.24, 2.45) is 0 Å². The van der Waals surface area contributed by atoms with Crippen molar-refractivity contribution in [1.82, 2.24) is 5.32 Å². The van der Waals surface area contributed by atoms with Crippen LogP contribution in [0.25, 0.3) is 0 Å². The van der Waals surface area contributed by atoms with Crippen molar-refractivity contribution < 1.29 is 4.92 Å². The number of nitro benzene ring substituents is 1.